The van der Waals surface area contributed by atoms with Crippen molar-refractivity contribution in [1.29, 1.82) is 0 Å². The monoisotopic (exact) mass is 1650 g/mol. The smallest absolute Gasteiger partial charge is 0.312 e. The lowest BCUT2D eigenvalue weighted by atomic mass is 9.52. The third-order valence-electron chi connectivity index (χ3n) is 29.4. The van der Waals surface area contributed by atoms with Crippen molar-refractivity contribution in [2.45, 2.75) is 356 Å². The van der Waals surface area contributed by atoms with Crippen molar-refractivity contribution in [2.24, 2.45) is 68.0 Å². The number of hydrogen-bond donors (Lipinski definition) is 2. The van der Waals surface area contributed by atoms with E-state index in [1.807, 2.05) is 253 Å². The quantitative estimate of drug-likeness (QED) is 0.0516. The fourth-order valence-electron chi connectivity index (χ4n) is 20.0. The van der Waals surface area contributed by atoms with E-state index in [1.165, 1.54) is 12.8 Å². The number of fused-ring (bicyclic) bond motifs is 2. The molecule has 6 heterocycles. The van der Waals surface area contributed by atoms with Crippen LogP contribution in [0.1, 0.15) is 296 Å². The van der Waals surface area contributed by atoms with Crippen molar-refractivity contribution in [3.8, 4) is 0 Å². The molecule has 14 aliphatic rings. The molecule has 20 nitrogen and oxygen atoms in total. The minimum absolute atomic E-state index is 0.0828. The van der Waals surface area contributed by atoms with Crippen LogP contribution in [0.25, 0.3) is 0 Å². The van der Waals surface area contributed by atoms with Gasteiger partial charge in [-0.15, -0.1) is 0 Å². The molecule has 4 aromatic carbocycles. The maximum Gasteiger partial charge on any atom is 0.312 e. The molecule has 14 unspecified atom stereocenters. The molecule has 12 bridgehead atoms. The Labute approximate surface area is 707 Å². The predicted molar refractivity (Wildman–Crippen MR) is 450 cm³/mol. The molecule has 119 heavy (non-hydrogen) atoms. The molecule has 654 valence electrons. The maximum atomic E-state index is 12.8. The van der Waals surface area contributed by atoms with Gasteiger partial charge in [0, 0.05) is 24.0 Å². The Kier molecular flexibility index (Phi) is 27.4. The zero-order chi connectivity index (χ0) is 87.1. The minimum Gasteiger partial charge on any atom is -0.459 e. The lowest BCUT2D eigenvalue weighted by molar-refractivity contribution is -0.226. The Balaban J connectivity index is 0.000000140. The first-order chi connectivity index (χ1) is 55.8. The van der Waals surface area contributed by atoms with Gasteiger partial charge >= 0.3 is 47.8 Å². The van der Waals surface area contributed by atoms with Crippen molar-refractivity contribution < 1.29 is 95.9 Å². The first-order valence-corrected chi connectivity index (χ1v) is 44.5. The summed E-state index contributed by atoms with van der Waals surface area (Å²) in [7, 11) is 0. The van der Waals surface area contributed by atoms with Gasteiger partial charge in [-0.2, -0.15) is 0 Å². The highest BCUT2D eigenvalue weighted by atomic mass is 16.7. The van der Waals surface area contributed by atoms with Gasteiger partial charge in [0.05, 0.1) is 67.7 Å². The van der Waals surface area contributed by atoms with Gasteiger partial charge in [0.1, 0.15) is 23.4 Å². The second-order valence-corrected chi connectivity index (χ2v) is 40.9. The summed E-state index contributed by atoms with van der Waals surface area (Å²) in [6, 6.07) is 39.8. The molecule has 6 aliphatic heterocycles. The Morgan fingerprint density at radius 2 is 0.630 bits per heavy atom. The number of carbonyl (C=O) groups excluding carboxylic acids is 8. The fraction of sp³-hybridized carbons (Fsp3) is 0.677. The minimum atomic E-state index is -0.786. The summed E-state index contributed by atoms with van der Waals surface area (Å²) >= 11 is 0. The average Bonchev–Trinajstić information content (AvgIpc) is 1.68. The Hall–Kier alpha value is -7.52. The molecule has 8 aliphatic carbocycles. The van der Waals surface area contributed by atoms with Gasteiger partial charge < -0.3 is 57.6 Å². The van der Waals surface area contributed by atoms with Crippen LogP contribution in [0.3, 0.4) is 0 Å². The molecule has 4 aromatic rings. The summed E-state index contributed by atoms with van der Waals surface area (Å²) in [5.74, 6) is 0.544. The third kappa shape index (κ3) is 19.6. The molecule has 6 saturated heterocycles. The molecule has 0 radical (unpaired) electrons. The van der Waals surface area contributed by atoms with Crippen molar-refractivity contribution in [3.05, 3.63) is 144 Å². The molecule has 2 N–H and O–H groups in total. The highest BCUT2D eigenvalue weighted by Crippen LogP contribution is 2.61. The van der Waals surface area contributed by atoms with E-state index in [-0.39, 0.29) is 95.2 Å². The van der Waals surface area contributed by atoms with Crippen LogP contribution in [-0.2, 0) is 96.9 Å². The van der Waals surface area contributed by atoms with E-state index in [1.54, 1.807) is 0 Å². The zero-order valence-electron chi connectivity index (χ0n) is 74.7. The van der Waals surface area contributed by atoms with Crippen LogP contribution in [0.15, 0.2) is 121 Å². The van der Waals surface area contributed by atoms with Crippen molar-refractivity contribution >= 4 is 47.8 Å². The largest absolute Gasteiger partial charge is 0.459 e. The Morgan fingerprint density at radius 1 is 0.353 bits per heavy atom. The van der Waals surface area contributed by atoms with E-state index >= 15 is 0 Å². The summed E-state index contributed by atoms with van der Waals surface area (Å²) in [5, 5.41) is 21.3. The molecule has 0 spiro atoms. The van der Waals surface area contributed by atoms with E-state index in [0.29, 0.717) is 68.6 Å². The summed E-state index contributed by atoms with van der Waals surface area (Å²) in [6.45, 7) is 38.9. The number of benzene rings is 4. The Morgan fingerprint density at radius 3 is 0.916 bits per heavy atom. The van der Waals surface area contributed by atoms with Gasteiger partial charge in [0.25, 0.3) is 0 Å². The van der Waals surface area contributed by atoms with Crippen LogP contribution >= 0.6 is 0 Å². The number of hydrogen-bond acceptors (Lipinski definition) is 20. The van der Waals surface area contributed by atoms with Crippen LogP contribution in [0.4, 0.5) is 0 Å². The van der Waals surface area contributed by atoms with Crippen molar-refractivity contribution in [3.63, 3.8) is 0 Å². The first-order valence-electron chi connectivity index (χ1n) is 44.5. The van der Waals surface area contributed by atoms with Gasteiger partial charge in [-0.25, -0.2) is 0 Å². The Bertz CT molecular complexity index is 3960. The molecular weight excluding hydrogens is 1510 g/mol. The molecule has 20 heteroatoms. The van der Waals surface area contributed by atoms with E-state index in [2.05, 4.69) is 6.92 Å². The molecule has 14 atom stereocenters. The van der Waals surface area contributed by atoms with Gasteiger partial charge in [0.2, 0.25) is 0 Å². The second kappa shape index (κ2) is 35.4. The molecule has 14 fully saturated rings. The predicted octanol–water partition coefficient (Wildman–Crippen LogP) is 18.4. The van der Waals surface area contributed by atoms with Crippen LogP contribution < -0.4 is 0 Å². The molecule has 18 rings (SSSR count). The average molecular weight is 1650 g/mol. The highest BCUT2D eigenvalue weighted by molar-refractivity contribution is 5.81. The number of rotatable bonds is 23. The summed E-state index contributed by atoms with van der Waals surface area (Å²) in [6.07, 6.45) is 15.3. The van der Waals surface area contributed by atoms with Crippen molar-refractivity contribution in [2.75, 3.05) is 0 Å². The zero-order valence-corrected chi connectivity index (χ0v) is 74.7. The number of ether oxygens (including phenoxy) is 10. The number of esters is 8. The molecule has 8 saturated carbocycles. The van der Waals surface area contributed by atoms with E-state index in [0.717, 1.165) is 99.3 Å². The van der Waals surface area contributed by atoms with Crippen LogP contribution in [-0.4, -0.2) is 129 Å². The SMILES string of the molecule is CCC(C)(C)C(=O)OC(C)(c1ccccc1)c1ccccc1.CCC(C)(C)C(=O)OC(CC)(c1ccccc1)c1ccccc1.CCC(C)(C)C(=O)OC12CC3CC(CC(O)(C3)C1)C2.CCC(C)(C)C(=O)OC12CC3CC(CC(O)(C3)C1)C2.CCC(C)(C)C(=O)OC1C2CC3C(=O)OC1C3O2.CCC(C)(C)C(=O)OC1C2CC3C(=O)OC1C3O2. The van der Waals surface area contributed by atoms with Crippen molar-refractivity contribution in [1.82, 2.24) is 0 Å². The highest BCUT2D eigenvalue weighted by Gasteiger charge is 2.68. The molecular formula is C99H138O20. The standard InChI is InChI=1S/C21H26O2.C20H24O2.2C16H26O3.2C13H18O5/c1-5-20(3,4)19(22)23-21(6-2,17-13-9-7-10-14-17)18-15-11-8-12-16-18;1-5-19(2,3)18(21)22-20(4,16-12-8-6-9-13-16)17-14-10-7-11-15-17;2*1-4-14(2,3)13(17)19-16-8-11-5-12(9-16)7-15(18,6-11)10-16;2*1-4-13(2,3)12(15)18-9-7-5-6-8(16-7)10(9)17-11(6)14/h7-16H,5-6H2,1-4H3;6-15H,5H2,1-4H3;2*11-12,18H,4-10H2,1-3H3;2*6-10H,4-5H2,1-3H3. The van der Waals surface area contributed by atoms with E-state index in [4.69, 9.17) is 47.4 Å². The van der Waals surface area contributed by atoms with Gasteiger partial charge in [-0.1, -0.05) is 170 Å². The molecule has 0 amide bonds. The van der Waals surface area contributed by atoms with E-state index in [9.17, 15) is 48.6 Å². The normalized spacial score (nSPS) is 31.1. The third-order valence-corrected chi connectivity index (χ3v) is 29.4. The topological polar surface area (TPSA) is 269 Å². The van der Waals surface area contributed by atoms with Gasteiger partial charge in [-0.3, -0.25) is 38.4 Å². The summed E-state index contributed by atoms with van der Waals surface area (Å²) in [5.41, 5.74) is -2.23. The van der Waals surface area contributed by atoms with Gasteiger partial charge in [-0.05, 0) is 247 Å². The lowest BCUT2D eigenvalue weighted by Gasteiger charge is -2.59. The first kappa shape index (κ1) is 92.2. The molecule has 0 aromatic heterocycles. The van der Waals surface area contributed by atoms with Crippen LogP contribution in [0.2, 0.25) is 0 Å². The van der Waals surface area contributed by atoms with Crippen LogP contribution in [0, 0.1) is 68.0 Å². The number of aliphatic hydroxyl groups is 2. The maximum absolute atomic E-state index is 12.8. The fourth-order valence-corrected chi connectivity index (χ4v) is 20.0. The summed E-state index contributed by atoms with van der Waals surface area (Å²) in [4.78, 5) is 97.4. The summed E-state index contributed by atoms with van der Waals surface area (Å²) < 4.78 is 57.1. The lowest BCUT2D eigenvalue weighted by Crippen LogP contribution is -2.61. The van der Waals surface area contributed by atoms with Gasteiger partial charge in [0.15, 0.2) is 35.6 Å². The second-order valence-electron chi connectivity index (χ2n) is 40.9. The number of carbonyl (C=O) groups is 8. The van der Waals surface area contributed by atoms with E-state index < -0.39 is 79.3 Å². The van der Waals surface area contributed by atoms with Crippen LogP contribution in [0.5, 0.6) is 0 Å².